The molecular formula is C9H13NO. The SMILES string of the molecule is O=C1C=C[C@H]2CCCC[C@@H]2N1. The Hall–Kier alpha value is -0.790. The highest BCUT2D eigenvalue weighted by molar-refractivity contribution is 5.88. The molecule has 0 saturated heterocycles. The van der Waals surface area contributed by atoms with Gasteiger partial charge >= 0.3 is 0 Å². The zero-order valence-corrected chi connectivity index (χ0v) is 6.55. The van der Waals surface area contributed by atoms with Crippen LogP contribution in [-0.4, -0.2) is 11.9 Å². The van der Waals surface area contributed by atoms with E-state index in [4.69, 9.17) is 0 Å². The summed E-state index contributed by atoms with van der Waals surface area (Å²) in [6, 6.07) is 0.446. The smallest absolute Gasteiger partial charge is 0.243 e. The van der Waals surface area contributed by atoms with Crippen molar-refractivity contribution >= 4 is 5.91 Å². The lowest BCUT2D eigenvalue weighted by Gasteiger charge is -2.32. The fourth-order valence-corrected chi connectivity index (χ4v) is 2.01. The van der Waals surface area contributed by atoms with Gasteiger partial charge in [-0.25, -0.2) is 0 Å². The monoisotopic (exact) mass is 151 g/mol. The van der Waals surface area contributed by atoms with Crippen molar-refractivity contribution in [3.8, 4) is 0 Å². The van der Waals surface area contributed by atoms with Crippen LogP contribution in [-0.2, 0) is 4.79 Å². The van der Waals surface area contributed by atoms with Crippen LogP contribution in [0.5, 0.6) is 0 Å². The molecule has 2 nitrogen and oxygen atoms in total. The fraction of sp³-hybridized carbons (Fsp3) is 0.667. The van der Waals surface area contributed by atoms with E-state index >= 15 is 0 Å². The van der Waals surface area contributed by atoms with Crippen LogP contribution in [0.4, 0.5) is 0 Å². The van der Waals surface area contributed by atoms with Crippen molar-refractivity contribution in [3.05, 3.63) is 12.2 Å². The molecule has 0 spiro atoms. The molecule has 1 N–H and O–H groups in total. The number of amides is 1. The molecule has 11 heavy (non-hydrogen) atoms. The summed E-state index contributed by atoms with van der Waals surface area (Å²) in [7, 11) is 0. The number of rotatable bonds is 0. The molecule has 1 amide bonds. The maximum atomic E-state index is 10.9. The van der Waals surface area contributed by atoms with Crippen molar-refractivity contribution in [1.82, 2.24) is 5.32 Å². The van der Waals surface area contributed by atoms with Crippen molar-refractivity contribution in [2.24, 2.45) is 5.92 Å². The molecule has 1 saturated carbocycles. The summed E-state index contributed by atoms with van der Waals surface area (Å²) in [5, 5.41) is 2.99. The minimum atomic E-state index is 0.0909. The average Bonchev–Trinajstić information content (AvgIpc) is 2.04. The first kappa shape index (κ1) is 6.89. The number of fused-ring (bicyclic) bond motifs is 1. The molecule has 0 unspecified atom stereocenters. The van der Waals surface area contributed by atoms with Crippen molar-refractivity contribution in [2.75, 3.05) is 0 Å². The van der Waals surface area contributed by atoms with Crippen molar-refractivity contribution < 1.29 is 4.79 Å². The molecule has 1 aliphatic heterocycles. The summed E-state index contributed by atoms with van der Waals surface area (Å²) in [6.07, 6.45) is 8.76. The minimum absolute atomic E-state index is 0.0909. The van der Waals surface area contributed by atoms with Gasteiger partial charge in [0.05, 0.1) is 0 Å². The molecule has 2 aliphatic rings. The van der Waals surface area contributed by atoms with Gasteiger partial charge in [0.2, 0.25) is 5.91 Å². The summed E-state index contributed by atoms with van der Waals surface area (Å²) in [6.45, 7) is 0. The Kier molecular flexibility index (Phi) is 1.68. The molecule has 1 aliphatic carbocycles. The molecule has 2 atom stereocenters. The van der Waals surface area contributed by atoms with Gasteiger partial charge in [-0.2, -0.15) is 0 Å². The van der Waals surface area contributed by atoms with E-state index in [-0.39, 0.29) is 5.91 Å². The third kappa shape index (κ3) is 1.30. The van der Waals surface area contributed by atoms with Gasteiger partial charge in [-0.3, -0.25) is 4.79 Å². The van der Waals surface area contributed by atoms with Gasteiger partial charge in [0.15, 0.2) is 0 Å². The lowest BCUT2D eigenvalue weighted by Crippen LogP contribution is -2.43. The first-order valence-electron chi connectivity index (χ1n) is 4.35. The Balaban J connectivity index is 2.10. The Morgan fingerprint density at radius 3 is 3.09 bits per heavy atom. The second kappa shape index (κ2) is 2.68. The van der Waals surface area contributed by atoms with Gasteiger partial charge in [0.25, 0.3) is 0 Å². The number of carbonyl (C=O) groups is 1. The van der Waals surface area contributed by atoms with Crippen molar-refractivity contribution in [2.45, 2.75) is 31.7 Å². The average molecular weight is 151 g/mol. The van der Waals surface area contributed by atoms with Crippen LogP contribution in [0.1, 0.15) is 25.7 Å². The van der Waals surface area contributed by atoms with Gasteiger partial charge in [-0.05, 0) is 24.8 Å². The molecular weight excluding hydrogens is 138 g/mol. The Bertz CT molecular complexity index is 198. The molecule has 0 radical (unpaired) electrons. The predicted molar refractivity (Wildman–Crippen MR) is 43.0 cm³/mol. The van der Waals surface area contributed by atoms with E-state index in [1.54, 1.807) is 6.08 Å². The number of carbonyl (C=O) groups excluding carboxylic acids is 1. The maximum Gasteiger partial charge on any atom is 0.243 e. The minimum Gasteiger partial charge on any atom is -0.349 e. The summed E-state index contributed by atoms with van der Waals surface area (Å²) in [5.74, 6) is 0.717. The summed E-state index contributed by atoms with van der Waals surface area (Å²) in [5.41, 5.74) is 0. The van der Waals surface area contributed by atoms with Crippen LogP contribution in [0.2, 0.25) is 0 Å². The van der Waals surface area contributed by atoms with Crippen LogP contribution in [0.3, 0.4) is 0 Å². The van der Waals surface area contributed by atoms with Gasteiger partial charge in [0, 0.05) is 6.04 Å². The molecule has 0 aromatic rings. The summed E-state index contributed by atoms with van der Waals surface area (Å²) < 4.78 is 0. The predicted octanol–water partition coefficient (Wildman–Crippen LogP) is 1.23. The summed E-state index contributed by atoms with van der Waals surface area (Å²) in [4.78, 5) is 10.9. The van der Waals surface area contributed by atoms with E-state index in [0.717, 1.165) is 0 Å². The largest absolute Gasteiger partial charge is 0.349 e. The molecule has 0 aromatic carbocycles. The Labute approximate surface area is 66.7 Å². The van der Waals surface area contributed by atoms with Crippen LogP contribution < -0.4 is 5.32 Å². The van der Waals surface area contributed by atoms with E-state index in [1.165, 1.54) is 25.7 Å². The van der Waals surface area contributed by atoms with Gasteiger partial charge in [-0.15, -0.1) is 0 Å². The van der Waals surface area contributed by atoms with Gasteiger partial charge in [0.1, 0.15) is 0 Å². The first-order chi connectivity index (χ1) is 5.36. The Morgan fingerprint density at radius 2 is 2.18 bits per heavy atom. The number of hydrogen-bond donors (Lipinski definition) is 1. The number of hydrogen-bond acceptors (Lipinski definition) is 1. The molecule has 60 valence electrons. The summed E-state index contributed by atoms with van der Waals surface area (Å²) >= 11 is 0. The van der Waals surface area contributed by atoms with Crippen molar-refractivity contribution in [3.63, 3.8) is 0 Å². The zero-order chi connectivity index (χ0) is 7.68. The van der Waals surface area contributed by atoms with E-state index in [1.807, 2.05) is 0 Å². The normalized spacial score (nSPS) is 36.2. The molecule has 1 heterocycles. The molecule has 0 aromatic heterocycles. The quantitative estimate of drug-likeness (QED) is 0.554. The van der Waals surface area contributed by atoms with E-state index < -0.39 is 0 Å². The highest BCUT2D eigenvalue weighted by atomic mass is 16.1. The standard InChI is InChI=1S/C9H13NO/c11-9-6-5-7-3-1-2-4-8(7)10-9/h5-8H,1-4H2,(H,10,11)/t7-,8+/m1/s1. The second-order valence-electron chi connectivity index (χ2n) is 3.42. The van der Waals surface area contributed by atoms with E-state index in [0.29, 0.717) is 12.0 Å². The van der Waals surface area contributed by atoms with Crippen LogP contribution in [0.25, 0.3) is 0 Å². The second-order valence-corrected chi connectivity index (χ2v) is 3.42. The fourth-order valence-electron chi connectivity index (χ4n) is 2.01. The first-order valence-corrected chi connectivity index (χ1v) is 4.35. The third-order valence-corrected chi connectivity index (χ3v) is 2.64. The van der Waals surface area contributed by atoms with Crippen LogP contribution >= 0.6 is 0 Å². The molecule has 2 heteroatoms. The Morgan fingerprint density at radius 1 is 1.36 bits per heavy atom. The lowest BCUT2D eigenvalue weighted by molar-refractivity contribution is -0.118. The van der Waals surface area contributed by atoms with Crippen LogP contribution in [0, 0.1) is 5.92 Å². The van der Waals surface area contributed by atoms with Gasteiger partial charge in [-0.1, -0.05) is 18.9 Å². The lowest BCUT2D eigenvalue weighted by atomic mass is 9.83. The molecule has 2 rings (SSSR count). The van der Waals surface area contributed by atoms with E-state index in [2.05, 4.69) is 11.4 Å². The number of nitrogens with one attached hydrogen (secondary N) is 1. The van der Waals surface area contributed by atoms with Crippen LogP contribution in [0.15, 0.2) is 12.2 Å². The maximum absolute atomic E-state index is 10.9. The molecule has 1 fully saturated rings. The van der Waals surface area contributed by atoms with Crippen molar-refractivity contribution in [1.29, 1.82) is 0 Å². The highest BCUT2D eigenvalue weighted by Gasteiger charge is 2.26. The van der Waals surface area contributed by atoms with E-state index in [9.17, 15) is 4.79 Å². The molecule has 0 bridgehead atoms. The topological polar surface area (TPSA) is 29.1 Å². The third-order valence-electron chi connectivity index (χ3n) is 2.64. The highest BCUT2D eigenvalue weighted by Crippen LogP contribution is 2.27. The zero-order valence-electron chi connectivity index (χ0n) is 6.55. The van der Waals surface area contributed by atoms with Gasteiger partial charge < -0.3 is 5.32 Å².